The Morgan fingerprint density at radius 1 is 0.906 bits per heavy atom. The number of hydrazone groups is 1. The van der Waals surface area contributed by atoms with Crippen LogP contribution in [0.25, 0.3) is 27.9 Å². The lowest BCUT2D eigenvalue weighted by Crippen LogP contribution is -2.25. The van der Waals surface area contributed by atoms with Gasteiger partial charge in [0.25, 0.3) is 5.91 Å². The molecule has 160 valence electrons. The molecule has 2 heterocycles. The van der Waals surface area contributed by atoms with Crippen molar-refractivity contribution in [3.05, 3.63) is 83.9 Å². The van der Waals surface area contributed by atoms with Gasteiger partial charge in [-0.25, -0.2) is 0 Å². The van der Waals surface area contributed by atoms with Gasteiger partial charge < -0.3 is 4.57 Å². The summed E-state index contributed by atoms with van der Waals surface area (Å²) < 4.78 is 43.4. The molecule has 0 saturated carbocycles. The highest BCUT2D eigenvalue weighted by Gasteiger charge is 2.46. The largest absolute Gasteiger partial charge is 0.435 e. The van der Waals surface area contributed by atoms with E-state index in [2.05, 4.69) is 9.67 Å². The van der Waals surface area contributed by atoms with Crippen LogP contribution >= 0.6 is 0 Å². The van der Waals surface area contributed by atoms with Crippen LogP contribution in [0.15, 0.2) is 83.5 Å². The Kier molecular flexibility index (Phi) is 4.62. The summed E-state index contributed by atoms with van der Waals surface area (Å²) in [6, 6.07) is 21.4. The second-order valence-electron chi connectivity index (χ2n) is 7.49. The number of halogens is 3. The first-order valence-corrected chi connectivity index (χ1v) is 10.2. The lowest BCUT2D eigenvalue weighted by molar-refractivity contribution is -0.114. The monoisotopic (exact) mass is 433 g/mol. The highest BCUT2D eigenvalue weighted by Crippen LogP contribution is 2.34. The second-order valence-corrected chi connectivity index (χ2v) is 7.49. The average molecular weight is 433 g/mol. The number of benzene rings is 3. The minimum absolute atomic E-state index is 0.282. The number of aromatic nitrogens is 1. The van der Waals surface area contributed by atoms with Crippen LogP contribution < -0.4 is 5.01 Å². The summed E-state index contributed by atoms with van der Waals surface area (Å²) in [6.45, 7) is 2.81. The zero-order valence-electron chi connectivity index (χ0n) is 17.1. The van der Waals surface area contributed by atoms with Crippen molar-refractivity contribution in [2.75, 3.05) is 5.01 Å². The van der Waals surface area contributed by atoms with Gasteiger partial charge in [-0.15, -0.1) is 0 Å². The third kappa shape index (κ3) is 3.17. The van der Waals surface area contributed by atoms with Crippen molar-refractivity contribution in [2.45, 2.75) is 19.6 Å². The standard InChI is InChI=1S/C25H18F3N3O/c1-2-30-21-11-7-6-10-18(21)19-14-16(12-13-22(19)30)15-20-23(25(26,27)28)29-31(24(20)32)17-8-4-3-5-9-17/h3-15H,2H2,1H3/b20-15-. The molecule has 1 amide bonds. The summed E-state index contributed by atoms with van der Waals surface area (Å²) >= 11 is 0. The molecule has 4 nitrogen and oxygen atoms in total. The Bertz CT molecular complexity index is 1420. The van der Waals surface area contributed by atoms with Crippen molar-refractivity contribution in [3.8, 4) is 0 Å². The molecule has 5 rings (SSSR count). The van der Waals surface area contributed by atoms with Gasteiger partial charge in [0.15, 0.2) is 5.71 Å². The van der Waals surface area contributed by atoms with Gasteiger partial charge in [0.2, 0.25) is 0 Å². The molecule has 0 fully saturated rings. The lowest BCUT2D eigenvalue weighted by atomic mass is 10.0. The molecular formula is C25H18F3N3O. The number of hydrogen-bond donors (Lipinski definition) is 0. The normalized spacial score (nSPS) is 15.9. The third-order valence-corrected chi connectivity index (χ3v) is 5.57. The molecule has 32 heavy (non-hydrogen) atoms. The van der Waals surface area contributed by atoms with E-state index in [9.17, 15) is 18.0 Å². The smallest absolute Gasteiger partial charge is 0.341 e. The first kappa shape index (κ1) is 20.1. The molecule has 0 atom stereocenters. The van der Waals surface area contributed by atoms with Crippen LogP contribution in [0.5, 0.6) is 0 Å². The maximum absolute atomic E-state index is 13.7. The molecule has 0 saturated heterocycles. The Morgan fingerprint density at radius 2 is 1.59 bits per heavy atom. The summed E-state index contributed by atoms with van der Waals surface area (Å²) in [6.07, 6.45) is -3.48. The predicted octanol–water partition coefficient (Wildman–Crippen LogP) is 6.16. The Hall–Kier alpha value is -3.87. The molecule has 1 aliphatic heterocycles. The quantitative estimate of drug-likeness (QED) is 0.357. The van der Waals surface area contributed by atoms with Gasteiger partial charge in [0.1, 0.15) is 0 Å². The molecule has 0 spiro atoms. The summed E-state index contributed by atoms with van der Waals surface area (Å²) in [5.74, 6) is -0.806. The number of fused-ring (bicyclic) bond motifs is 3. The van der Waals surface area contributed by atoms with E-state index in [4.69, 9.17) is 0 Å². The maximum atomic E-state index is 13.7. The van der Waals surface area contributed by atoms with E-state index in [0.29, 0.717) is 5.56 Å². The summed E-state index contributed by atoms with van der Waals surface area (Å²) in [5.41, 5.74) is 1.17. The van der Waals surface area contributed by atoms with Crippen LogP contribution in [0.4, 0.5) is 18.9 Å². The van der Waals surface area contributed by atoms with Gasteiger partial charge in [0, 0.05) is 28.4 Å². The number of carbonyl (C=O) groups excluding carboxylic acids is 1. The average Bonchev–Trinajstić information content (AvgIpc) is 3.29. The summed E-state index contributed by atoms with van der Waals surface area (Å²) in [7, 11) is 0. The molecule has 0 N–H and O–H groups in total. The highest BCUT2D eigenvalue weighted by molar-refractivity contribution is 6.34. The molecule has 1 aromatic heterocycles. The van der Waals surface area contributed by atoms with Crippen LogP contribution in [0, 0.1) is 0 Å². The molecule has 3 aromatic carbocycles. The van der Waals surface area contributed by atoms with E-state index in [1.807, 2.05) is 43.3 Å². The lowest BCUT2D eigenvalue weighted by Gasteiger charge is -2.10. The molecule has 4 aromatic rings. The number of rotatable bonds is 3. The third-order valence-electron chi connectivity index (χ3n) is 5.57. The minimum atomic E-state index is -4.76. The number of aryl methyl sites for hydroxylation is 1. The number of para-hydroxylation sites is 2. The predicted molar refractivity (Wildman–Crippen MR) is 121 cm³/mol. The molecule has 0 bridgehead atoms. The van der Waals surface area contributed by atoms with E-state index in [1.54, 1.807) is 36.4 Å². The van der Waals surface area contributed by atoms with E-state index in [-0.39, 0.29) is 5.69 Å². The van der Waals surface area contributed by atoms with Gasteiger partial charge in [0.05, 0.1) is 11.3 Å². The van der Waals surface area contributed by atoms with Crippen molar-refractivity contribution >= 4 is 45.2 Å². The van der Waals surface area contributed by atoms with Crippen molar-refractivity contribution in [1.29, 1.82) is 0 Å². The molecule has 0 aliphatic carbocycles. The van der Waals surface area contributed by atoms with Crippen molar-refractivity contribution < 1.29 is 18.0 Å². The fraction of sp³-hybridized carbons (Fsp3) is 0.120. The number of anilines is 1. The molecule has 7 heteroatoms. The summed E-state index contributed by atoms with van der Waals surface area (Å²) in [4.78, 5) is 12.9. The first-order valence-electron chi connectivity index (χ1n) is 10.2. The van der Waals surface area contributed by atoms with Crippen molar-refractivity contribution in [1.82, 2.24) is 4.57 Å². The van der Waals surface area contributed by atoms with E-state index in [0.717, 1.165) is 33.4 Å². The number of nitrogens with zero attached hydrogens (tertiary/aromatic N) is 3. The van der Waals surface area contributed by atoms with E-state index < -0.39 is 23.4 Å². The number of alkyl halides is 3. The zero-order chi connectivity index (χ0) is 22.5. The van der Waals surface area contributed by atoms with Crippen LogP contribution in [0.3, 0.4) is 0 Å². The Morgan fingerprint density at radius 3 is 2.31 bits per heavy atom. The number of amides is 1. The number of hydrogen-bond acceptors (Lipinski definition) is 2. The Labute approximate surface area is 181 Å². The maximum Gasteiger partial charge on any atom is 0.435 e. The fourth-order valence-corrected chi connectivity index (χ4v) is 4.17. The van der Waals surface area contributed by atoms with Gasteiger partial charge in [-0.05, 0) is 48.9 Å². The van der Waals surface area contributed by atoms with Crippen LogP contribution in [-0.4, -0.2) is 22.4 Å². The van der Waals surface area contributed by atoms with E-state index >= 15 is 0 Å². The van der Waals surface area contributed by atoms with Crippen molar-refractivity contribution in [3.63, 3.8) is 0 Å². The van der Waals surface area contributed by atoms with Crippen LogP contribution in [-0.2, 0) is 11.3 Å². The van der Waals surface area contributed by atoms with Crippen LogP contribution in [0.1, 0.15) is 12.5 Å². The molecule has 0 radical (unpaired) electrons. The fourth-order valence-electron chi connectivity index (χ4n) is 4.17. The molecular weight excluding hydrogens is 415 g/mol. The molecule has 0 unspecified atom stereocenters. The first-order chi connectivity index (χ1) is 15.4. The number of carbonyl (C=O) groups is 1. The second kappa shape index (κ2) is 7.37. The highest BCUT2D eigenvalue weighted by atomic mass is 19.4. The molecule has 1 aliphatic rings. The van der Waals surface area contributed by atoms with E-state index in [1.165, 1.54) is 6.08 Å². The van der Waals surface area contributed by atoms with Gasteiger partial charge >= 0.3 is 6.18 Å². The van der Waals surface area contributed by atoms with Gasteiger partial charge in [-0.2, -0.15) is 23.3 Å². The van der Waals surface area contributed by atoms with Crippen LogP contribution in [0.2, 0.25) is 0 Å². The summed E-state index contributed by atoms with van der Waals surface area (Å²) in [5, 5.41) is 6.36. The van der Waals surface area contributed by atoms with Crippen molar-refractivity contribution in [2.24, 2.45) is 5.10 Å². The minimum Gasteiger partial charge on any atom is -0.341 e. The zero-order valence-corrected chi connectivity index (χ0v) is 17.1. The van der Waals surface area contributed by atoms with Gasteiger partial charge in [-0.1, -0.05) is 42.5 Å². The Balaban J connectivity index is 1.65. The van der Waals surface area contributed by atoms with Gasteiger partial charge in [-0.3, -0.25) is 4.79 Å². The SMILES string of the molecule is CCn1c2ccccc2c2cc(/C=C3\C(=O)N(c4ccccc4)N=C3C(F)(F)F)ccc21. The topological polar surface area (TPSA) is 37.6 Å².